The number of halogens is 2. The van der Waals surface area contributed by atoms with E-state index in [1.165, 1.54) is 0 Å². The Labute approximate surface area is 155 Å². The number of ether oxygens (including phenoxy) is 2. The summed E-state index contributed by atoms with van der Waals surface area (Å²) in [5, 5.41) is 0.695. The fraction of sp³-hybridized carbons (Fsp3) is 0.211. The lowest BCUT2D eigenvalue weighted by Gasteiger charge is -2.35. The predicted octanol–water partition coefficient (Wildman–Crippen LogP) is 5.01. The molecular formula is C19H17BrClNO2. The van der Waals surface area contributed by atoms with Crippen molar-refractivity contribution in [3.8, 4) is 0 Å². The largest absolute Gasteiger partial charge is 0.365 e. The molecule has 0 saturated heterocycles. The fourth-order valence-corrected chi connectivity index (χ4v) is 3.18. The van der Waals surface area contributed by atoms with Crippen molar-refractivity contribution in [3.05, 3.63) is 87.7 Å². The molecule has 0 spiro atoms. The van der Waals surface area contributed by atoms with Crippen molar-refractivity contribution in [2.45, 2.75) is 11.2 Å². The second-order valence-electron chi connectivity index (χ2n) is 5.54. The molecule has 1 aliphatic rings. The molecule has 5 heteroatoms. The van der Waals surface area contributed by atoms with Crippen molar-refractivity contribution >= 4 is 27.5 Å². The van der Waals surface area contributed by atoms with Gasteiger partial charge in [-0.05, 0) is 64.0 Å². The van der Waals surface area contributed by atoms with E-state index in [2.05, 4.69) is 20.9 Å². The quantitative estimate of drug-likeness (QED) is 0.528. The minimum atomic E-state index is -0.665. The van der Waals surface area contributed by atoms with Crippen LogP contribution in [0.1, 0.15) is 11.1 Å². The van der Waals surface area contributed by atoms with Crippen LogP contribution in [0.5, 0.6) is 0 Å². The summed E-state index contributed by atoms with van der Waals surface area (Å²) in [6.07, 6.45) is 9.79. The molecule has 1 aromatic carbocycles. The van der Waals surface area contributed by atoms with E-state index >= 15 is 0 Å². The number of aromatic nitrogens is 1. The Morgan fingerprint density at radius 3 is 1.79 bits per heavy atom. The van der Waals surface area contributed by atoms with Crippen LogP contribution in [0.25, 0.3) is 0 Å². The summed E-state index contributed by atoms with van der Waals surface area (Å²) in [4.78, 5) is 4.29. The molecule has 3 nitrogen and oxygen atoms in total. The van der Waals surface area contributed by atoms with Crippen LogP contribution < -0.4 is 0 Å². The lowest BCUT2D eigenvalue weighted by Crippen LogP contribution is -2.33. The molecule has 124 valence electrons. The normalized spacial score (nSPS) is 25.8. The van der Waals surface area contributed by atoms with Crippen LogP contribution in [-0.4, -0.2) is 19.2 Å². The number of methoxy groups -OCH3 is 2. The fourth-order valence-electron chi connectivity index (χ4n) is 2.82. The van der Waals surface area contributed by atoms with E-state index in [4.69, 9.17) is 21.1 Å². The lowest BCUT2D eigenvalue weighted by molar-refractivity contribution is 0.0420. The summed E-state index contributed by atoms with van der Waals surface area (Å²) in [6, 6.07) is 11.5. The second kappa shape index (κ2) is 6.81. The molecule has 24 heavy (non-hydrogen) atoms. The maximum Gasteiger partial charge on any atom is 0.131 e. The molecule has 0 amide bonds. The number of benzene rings is 1. The van der Waals surface area contributed by atoms with Gasteiger partial charge in [-0.1, -0.05) is 29.8 Å². The van der Waals surface area contributed by atoms with E-state index in [9.17, 15) is 0 Å². The van der Waals surface area contributed by atoms with Gasteiger partial charge < -0.3 is 9.47 Å². The second-order valence-corrected chi connectivity index (χ2v) is 6.79. The van der Waals surface area contributed by atoms with Crippen LogP contribution in [0, 0.1) is 0 Å². The Morgan fingerprint density at radius 2 is 1.33 bits per heavy atom. The number of hydrogen-bond donors (Lipinski definition) is 0. The Hall–Kier alpha value is -1.46. The predicted molar refractivity (Wildman–Crippen MR) is 99.0 cm³/mol. The number of rotatable bonds is 4. The van der Waals surface area contributed by atoms with Crippen molar-refractivity contribution in [2.75, 3.05) is 14.2 Å². The first-order valence-corrected chi connectivity index (χ1v) is 8.60. The molecule has 0 unspecified atom stereocenters. The zero-order valence-electron chi connectivity index (χ0n) is 13.4. The van der Waals surface area contributed by atoms with Crippen LogP contribution in [0.4, 0.5) is 0 Å². The van der Waals surface area contributed by atoms with Gasteiger partial charge in [0.25, 0.3) is 0 Å². The number of pyridine rings is 1. The van der Waals surface area contributed by atoms with Crippen molar-refractivity contribution in [1.29, 1.82) is 0 Å². The van der Waals surface area contributed by atoms with Crippen molar-refractivity contribution < 1.29 is 9.47 Å². The van der Waals surface area contributed by atoms with E-state index in [0.717, 1.165) is 15.7 Å². The first kappa shape index (κ1) is 17.4. The van der Waals surface area contributed by atoms with E-state index in [0.29, 0.717) is 5.02 Å². The van der Waals surface area contributed by atoms with Crippen LogP contribution >= 0.6 is 27.5 Å². The Bertz CT molecular complexity index is 689. The molecule has 0 N–H and O–H groups in total. The molecular weight excluding hydrogens is 390 g/mol. The zero-order chi connectivity index (χ0) is 17.2. The molecule has 2 aromatic rings. The monoisotopic (exact) mass is 405 g/mol. The average molecular weight is 407 g/mol. The van der Waals surface area contributed by atoms with Gasteiger partial charge in [0.05, 0.1) is 0 Å². The van der Waals surface area contributed by atoms with E-state index in [1.54, 1.807) is 20.4 Å². The number of nitrogens with zero attached hydrogens (tertiary/aromatic N) is 1. The standard InChI is InChI=1S/C19H17BrClNO2/c1-23-18(14-3-6-16(21)7-4-14)9-11-19(24-2,12-10-18)15-5-8-17(20)22-13-15/h3-13H,1-2H3. The van der Waals surface area contributed by atoms with Crippen molar-refractivity contribution in [3.63, 3.8) is 0 Å². The molecule has 0 aliphatic heterocycles. The molecule has 0 bridgehead atoms. The van der Waals surface area contributed by atoms with Gasteiger partial charge in [0, 0.05) is 31.0 Å². The van der Waals surface area contributed by atoms with Gasteiger partial charge >= 0.3 is 0 Å². The highest BCUT2D eigenvalue weighted by Crippen LogP contribution is 2.39. The van der Waals surface area contributed by atoms with Crippen LogP contribution in [0.3, 0.4) is 0 Å². The minimum absolute atomic E-state index is 0.643. The Balaban J connectivity index is 2.00. The van der Waals surface area contributed by atoms with E-state index in [-0.39, 0.29) is 0 Å². The summed E-state index contributed by atoms with van der Waals surface area (Å²) in [6.45, 7) is 0. The maximum absolute atomic E-state index is 5.99. The highest BCUT2D eigenvalue weighted by Gasteiger charge is 2.36. The average Bonchev–Trinajstić information content (AvgIpc) is 2.63. The Morgan fingerprint density at radius 1 is 0.833 bits per heavy atom. The maximum atomic E-state index is 5.99. The van der Waals surface area contributed by atoms with Gasteiger partial charge in [0.15, 0.2) is 0 Å². The molecule has 1 heterocycles. The molecule has 3 rings (SSSR count). The third-order valence-corrected chi connectivity index (χ3v) is 5.03. The van der Waals surface area contributed by atoms with Gasteiger partial charge in [-0.3, -0.25) is 0 Å². The molecule has 0 radical (unpaired) electrons. The third-order valence-electron chi connectivity index (χ3n) is 4.31. The highest BCUT2D eigenvalue weighted by atomic mass is 79.9. The molecule has 1 aromatic heterocycles. The first-order chi connectivity index (χ1) is 11.5. The van der Waals surface area contributed by atoms with Gasteiger partial charge in [0.2, 0.25) is 0 Å². The Kier molecular flexibility index (Phi) is 4.92. The minimum Gasteiger partial charge on any atom is -0.365 e. The topological polar surface area (TPSA) is 31.4 Å². The third kappa shape index (κ3) is 3.07. The summed E-state index contributed by atoms with van der Waals surface area (Å²) in [5.41, 5.74) is 0.638. The van der Waals surface area contributed by atoms with E-state index in [1.807, 2.05) is 60.7 Å². The van der Waals surface area contributed by atoms with Gasteiger partial charge in [-0.25, -0.2) is 4.98 Å². The van der Waals surface area contributed by atoms with Gasteiger partial charge in [-0.2, -0.15) is 0 Å². The highest BCUT2D eigenvalue weighted by molar-refractivity contribution is 9.10. The smallest absolute Gasteiger partial charge is 0.131 e. The van der Waals surface area contributed by atoms with Gasteiger partial charge in [-0.15, -0.1) is 0 Å². The summed E-state index contributed by atoms with van der Waals surface area (Å²) in [7, 11) is 3.36. The SMILES string of the molecule is COC1(c2ccc(Cl)cc2)C=CC(OC)(c2ccc(Br)nc2)C=C1. The molecule has 0 saturated carbocycles. The van der Waals surface area contributed by atoms with Crippen molar-refractivity contribution in [1.82, 2.24) is 4.98 Å². The van der Waals surface area contributed by atoms with E-state index < -0.39 is 11.2 Å². The summed E-state index contributed by atoms with van der Waals surface area (Å²) in [5.74, 6) is 0. The van der Waals surface area contributed by atoms with Crippen molar-refractivity contribution in [2.24, 2.45) is 0 Å². The van der Waals surface area contributed by atoms with Gasteiger partial charge in [0.1, 0.15) is 15.8 Å². The molecule has 0 atom stereocenters. The molecule has 0 fully saturated rings. The van der Waals surface area contributed by atoms with Crippen LogP contribution in [0.2, 0.25) is 5.02 Å². The van der Waals surface area contributed by atoms with Crippen LogP contribution in [-0.2, 0) is 20.7 Å². The lowest BCUT2D eigenvalue weighted by atomic mass is 9.82. The summed E-state index contributed by atoms with van der Waals surface area (Å²) >= 11 is 9.35. The van der Waals surface area contributed by atoms with Crippen LogP contribution in [0.15, 0.2) is 71.5 Å². The zero-order valence-corrected chi connectivity index (χ0v) is 15.7. The summed E-state index contributed by atoms with van der Waals surface area (Å²) < 4.78 is 12.4. The number of hydrogen-bond acceptors (Lipinski definition) is 3. The molecule has 1 aliphatic carbocycles. The first-order valence-electron chi connectivity index (χ1n) is 7.43.